The topological polar surface area (TPSA) is 83.5 Å². The van der Waals surface area contributed by atoms with Crippen molar-refractivity contribution in [1.29, 1.82) is 0 Å². The van der Waals surface area contributed by atoms with Gasteiger partial charge in [-0.2, -0.15) is 13.2 Å². The van der Waals surface area contributed by atoms with Gasteiger partial charge in [-0.1, -0.05) is 26.8 Å². The van der Waals surface area contributed by atoms with Gasteiger partial charge in [0.25, 0.3) is 12.1 Å². The molecular weight excluding hydrogens is 466 g/mol. The van der Waals surface area contributed by atoms with Crippen molar-refractivity contribution in [1.82, 2.24) is 15.6 Å². The highest BCUT2D eigenvalue weighted by Crippen LogP contribution is 2.48. The minimum Gasteiger partial charge on any atom is -0.471 e. The summed E-state index contributed by atoms with van der Waals surface area (Å²) in [5.41, 5.74) is 1.65. The molecular formula is C25H35F4N3O3. The Labute approximate surface area is 203 Å². The number of fused-ring (bicyclic) bond motifs is 1. The van der Waals surface area contributed by atoms with E-state index in [-0.39, 0.29) is 30.0 Å². The van der Waals surface area contributed by atoms with Gasteiger partial charge in [-0.05, 0) is 49.1 Å². The molecule has 0 bridgehead atoms. The van der Waals surface area contributed by atoms with Crippen molar-refractivity contribution in [2.75, 3.05) is 6.54 Å². The van der Waals surface area contributed by atoms with Crippen molar-refractivity contribution in [2.45, 2.75) is 95.4 Å². The van der Waals surface area contributed by atoms with Crippen LogP contribution < -0.4 is 15.4 Å². The minimum absolute atomic E-state index is 0.0231. The molecule has 196 valence electrons. The van der Waals surface area contributed by atoms with Crippen LogP contribution >= 0.6 is 0 Å². The fraction of sp³-hybridized carbons (Fsp3) is 0.680. The summed E-state index contributed by atoms with van der Waals surface area (Å²) in [4.78, 5) is 16.3. The second kappa shape index (κ2) is 10.4. The number of aliphatic hydroxyl groups excluding tert-OH is 1. The van der Waals surface area contributed by atoms with Gasteiger partial charge in [0.05, 0.1) is 12.1 Å². The molecule has 1 aromatic rings. The second-order valence-electron chi connectivity index (χ2n) is 10.9. The van der Waals surface area contributed by atoms with Crippen LogP contribution in [0.1, 0.15) is 70.0 Å². The fourth-order valence-electron chi connectivity index (χ4n) is 4.65. The van der Waals surface area contributed by atoms with Gasteiger partial charge >= 0.3 is 6.18 Å². The molecule has 35 heavy (non-hydrogen) atoms. The Morgan fingerprint density at radius 2 is 2.06 bits per heavy atom. The Balaban J connectivity index is 1.73. The number of nitrogens with one attached hydrogen (secondary N) is 2. The molecule has 6 nitrogen and oxygen atoms in total. The lowest BCUT2D eigenvalue weighted by atomic mass is 9.73. The first-order valence-electron chi connectivity index (χ1n) is 11.9. The molecule has 1 amide bonds. The van der Waals surface area contributed by atoms with Crippen molar-refractivity contribution in [3.8, 4) is 5.88 Å². The number of hydrogen-bond acceptors (Lipinski definition) is 5. The summed E-state index contributed by atoms with van der Waals surface area (Å²) >= 11 is 0. The summed E-state index contributed by atoms with van der Waals surface area (Å²) in [6.45, 7) is 9.88. The summed E-state index contributed by atoms with van der Waals surface area (Å²) < 4.78 is 57.4. The van der Waals surface area contributed by atoms with Gasteiger partial charge in [-0.15, -0.1) is 6.58 Å². The SMILES string of the molecule is C=CC[C@H](NC(=O)[C@H](F)C(F)(F)F)[C@H](O)CN[C@H]1CC2(CCC2)Oc2ncc(CC(C)(C)C)cc21. The molecule has 1 aliphatic carbocycles. The number of pyridine rings is 1. The van der Waals surface area contributed by atoms with E-state index in [9.17, 15) is 27.5 Å². The Hall–Kier alpha value is -2.20. The molecule has 3 N–H and O–H groups in total. The number of ether oxygens (including phenoxy) is 1. The number of aliphatic hydroxyl groups is 1. The van der Waals surface area contributed by atoms with Crippen LogP contribution in [0.3, 0.4) is 0 Å². The van der Waals surface area contributed by atoms with E-state index in [1.54, 1.807) is 0 Å². The lowest BCUT2D eigenvalue weighted by molar-refractivity contribution is -0.187. The molecule has 4 atom stereocenters. The number of carbonyl (C=O) groups excluding carboxylic acids is 1. The van der Waals surface area contributed by atoms with Gasteiger partial charge in [0.1, 0.15) is 5.60 Å². The van der Waals surface area contributed by atoms with Crippen LogP contribution in [0.25, 0.3) is 0 Å². The van der Waals surface area contributed by atoms with Crippen molar-refractivity contribution in [3.63, 3.8) is 0 Å². The highest BCUT2D eigenvalue weighted by molar-refractivity contribution is 5.81. The molecule has 0 unspecified atom stereocenters. The number of aromatic nitrogens is 1. The molecule has 0 aromatic carbocycles. The van der Waals surface area contributed by atoms with Crippen molar-refractivity contribution >= 4 is 5.91 Å². The molecule has 1 fully saturated rings. The average Bonchev–Trinajstić information content (AvgIpc) is 2.73. The molecule has 2 heterocycles. The highest BCUT2D eigenvalue weighted by atomic mass is 19.4. The normalized spacial score (nSPS) is 21.8. The standard InChI is InChI=1S/C25H35F4N3O3/c1-5-7-17(32-21(34)20(26)25(27,28)29)19(33)14-30-18-12-24(8-6-9-24)35-22-16(18)10-15(13-31-22)11-23(2,3)4/h5,10,13,17-20,30,33H,1,6-9,11-12,14H2,2-4H3,(H,32,34)/t17-,18-,19+,20-/m0/s1. The largest absolute Gasteiger partial charge is 0.471 e. The zero-order valence-electron chi connectivity index (χ0n) is 20.4. The van der Waals surface area contributed by atoms with E-state index in [1.807, 2.05) is 17.6 Å². The van der Waals surface area contributed by atoms with E-state index >= 15 is 0 Å². The molecule has 0 saturated heterocycles. The fourth-order valence-corrected chi connectivity index (χ4v) is 4.65. The van der Waals surface area contributed by atoms with Crippen LogP contribution in [0.5, 0.6) is 5.88 Å². The maximum atomic E-state index is 13.4. The molecule has 2 aliphatic rings. The van der Waals surface area contributed by atoms with Gasteiger partial charge in [0.2, 0.25) is 5.88 Å². The summed E-state index contributed by atoms with van der Waals surface area (Å²) in [6.07, 6.45) is -2.80. The Kier molecular flexibility index (Phi) is 8.16. The van der Waals surface area contributed by atoms with Crippen molar-refractivity contribution in [2.24, 2.45) is 5.41 Å². The molecule has 0 radical (unpaired) electrons. The molecule has 1 spiro atoms. The van der Waals surface area contributed by atoms with E-state index in [2.05, 4.69) is 37.7 Å². The number of halogens is 4. The summed E-state index contributed by atoms with van der Waals surface area (Å²) in [5.74, 6) is -1.29. The highest BCUT2D eigenvalue weighted by Gasteiger charge is 2.47. The summed E-state index contributed by atoms with van der Waals surface area (Å²) in [5, 5.41) is 15.9. The lowest BCUT2D eigenvalue weighted by Gasteiger charge is -2.47. The number of alkyl halides is 4. The van der Waals surface area contributed by atoms with Crippen LogP contribution in [0.15, 0.2) is 24.9 Å². The van der Waals surface area contributed by atoms with E-state index in [0.29, 0.717) is 12.3 Å². The first kappa shape index (κ1) is 27.4. The van der Waals surface area contributed by atoms with Crippen molar-refractivity contribution < 1.29 is 32.2 Å². The number of amides is 1. The first-order chi connectivity index (χ1) is 16.2. The molecule has 10 heteroatoms. The van der Waals surface area contributed by atoms with E-state index in [0.717, 1.165) is 36.8 Å². The van der Waals surface area contributed by atoms with Crippen LogP contribution in [0.4, 0.5) is 17.6 Å². The lowest BCUT2D eigenvalue weighted by Crippen LogP contribution is -2.53. The number of rotatable bonds is 9. The van der Waals surface area contributed by atoms with E-state index in [1.165, 1.54) is 6.08 Å². The third kappa shape index (κ3) is 6.94. The van der Waals surface area contributed by atoms with Crippen LogP contribution in [0, 0.1) is 5.41 Å². The second-order valence-corrected chi connectivity index (χ2v) is 10.9. The van der Waals surface area contributed by atoms with E-state index in [4.69, 9.17) is 4.74 Å². The summed E-state index contributed by atoms with van der Waals surface area (Å²) in [7, 11) is 0. The van der Waals surface area contributed by atoms with Crippen molar-refractivity contribution in [3.05, 3.63) is 36.0 Å². The Bertz CT molecular complexity index is 912. The maximum absolute atomic E-state index is 13.4. The van der Waals surface area contributed by atoms with Crippen LogP contribution in [-0.4, -0.2) is 52.6 Å². The molecule has 1 aromatic heterocycles. The third-order valence-corrected chi connectivity index (χ3v) is 6.50. The predicted molar refractivity (Wildman–Crippen MR) is 124 cm³/mol. The Morgan fingerprint density at radius 3 is 2.60 bits per heavy atom. The smallest absolute Gasteiger partial charge is 0.428 e. The number of carbonyl (C=O) groups is 1. The monoisotopic (exact) mass is 501 g/mol. The molecule has 3 rings (SSSR count). The Morgan fingerprint density at radius 1 is 1.37 bits per heavy atom. The van der Waals surface area contributed by atoms with Crippen LogP contribution in [0.2, 0.25) is 0 Å². The number of nitrogens with zero attached hydrogens (tertiary/aromatic N) is 1. The zero-order chi connectivity index (χ0) is 26.0. The summed E-state index contributed by atoms with van der Waals surface area (Å²) in [6, 6.07) is 0.712. The molecule has 1 saturated carbocycles. The zero-order valence-corrected chi connectivity index (χ0v) is 20.4. The van der Waals surface area contributed by atoms with Gasteiger partial charge < -0.3 is 20.5 Å². The number of hydrogen-bond donors (Lipinski definition) is 3. The average molecular weight is 502 g/mol. The predicted octanol–water partition coefficient (Wildman–Crippen LogP) is 4.33. The molecule has 1 aliphatic heterocycles. The van der Waals surface area contributed by atoms with Gasteiger partial charge in [0.15, 0.2) is 0 Å². The first-order valence-corrected chi connectivity index (χ1v) is 11.9. The quantitative estimate of drug-likeness (QED) is 0.347. The van der Waals surface area contributed by atoms with Crippen LogP contribution in [-0.2, 0) is 11.2 Å². The van der Waals surface area contributed by atoms with E-state index < -0.39 is 30.4 Å². The van der Waals surface area contributed by atoms with Gasteiger partial charge in [-0.3, -0.25) is 4.79 Å². The minimum atomic E-state index is -5.31. The third-order valence-electron chi connectivity index (χ3n) is 6.50. The maximum Gasteiger partial charge on any atom is 0.428 e. The van der Waals surface area contributed by atoms with Gasteiger partial charge in [-0.25, -0.2) is 9.37 Å². The van der Waals surface area contributed by atoms with Gasteiger partial charge in [0, 0.05) is 30.8 Å².